The minimum Gasteiger partial charge on any atom is -0.517 e. The lowest BCUT2D eigenvalue weighted by Crippen LogP contribution is -2.41. The van der Waals surface area contributed by atoms with Gasteiger partial charge in [-0.15, -0.1) is 0 Å². The molecule has 0 heterocycles. The molecule has 0 aromatic heterocycles. The van der Waals surface area contributed by atoms with Crippen LogP contribution in [0.3, 0.4) is 0 Å². The van der Waals surface area contributed by atoms with Crippen molar-refractivity contribution in [1.82, 2.24) is 0 Å². The van der Waals surface area contributed by atoms with E-state index in [-0.39, 0.29) is 19.4 Å². The molecule has 0 aliphatic heterocycles. The fourth-order valence-corrected chi connectivity index (χ4v) is 7.91. The Balaban J connectivity index is 4.88. The molecule has 0 N–H and O–H groups in total. The Labute approximate surface area is 169 Å². The summed E-state index contributed by atoms with van der Waals surface area (Å²) in [4.78, 5) is 12.4. The molecule has 0 spiro atoms. The zero-order valence-electron chi connectivity index (χ0n) is 18.7. The average Bonchev–Trinajstić information content (AvgIpc) is 2.66. The molecular weight excluding hydrogens is 356 g/mol. The van der Waals surface area contributed by atoms with Crippen molar-refractivity contribution in [2.24, 2.45) is 0 Å². The smallest absolute Gasteiger partial charge is 0.318 e. The maximum Gasteiger partial charge on any atom is 0.318 e. The lowest BCUT2D eigenvalue weighted by atomic mass is 10.2. The number of carbonyl (C=O) groups excluding carboxylic acids is 1. The molecule has 0 radical (unpaired) electrons. The van der Waals surface area contributed by atoms with Gasteiger partial charge < -0.3 is 13.9 Å². The second kappa shape index (κ2) is 18.9. The Morgan fingerprint density at radius 1 is 0.704 bits per heavy atom. The highest BCUT2D eigenvalue weighted by atomic mass is 28.4. The van der Waals surface area contributed by atoms with E-state index in [1.54, 1.807) is 7.11 Å². The second-order valence-corrected chi connectivity index (χ2v) is 11.9. The summed E-state index contributed by atoms with van der Waals surface area (Å²) in [5.74, 6) is -0.180. The number of hydrogen-bond acceptors (Lipinski definition) is 4. The van der Waals surface area contributed by atoms with Crippen LogP contribution in [0.15, 0.2) is 0 Å². The monoisotopic (exact) mass is 402 g/mol. The van der Waals surface area contributed by atoms with Gasteiger partial charge in [0.1, 0.15) is 13.4 Å². The van der Waals surface area contributed by atoms with Crippen LogP contribution in [0.1, 0.15) is 97.8 Å². The topological polar surface area (TPSA) is 44.8 Å². The van der Waals surface area contributed by atoms with E-state index in [2.05, 4.69) is 20.8 Å². The summed E-state index contributed by atoms with van der Waals surface area (Å²) in [7, 11) is -0.470. The molecule has 0 aliphatic rings. The zero-order chi connectivity index (χ0) is 20.2. The predicted molar refractivity (Wildman–Crippen MR) is 117 cm³/mol. The first-order valence-corrected chi connectivity index (χ1v) is 14.0. The maximum atomic E-state index is 12.4. The van der Waals surface area contributed by atoms with Crippen molar-refractivity contribution < 1.29 is 18.7 Å². The fraction of sp³-hybridized carbons (Fsp3) is 0.955. The Hall–Kier alpha value is -0.393. The van der Waals surface area contributed by atoms with Gasteiger partial charge in [-0.05, 0) is 18.1 Å². The highest BCUT2D eigenvalue weighted by molar-refractivity contribution is 6.75. The zero-order valence-corrected chi connectivity index (χ0v) is 19.7. The highest BCUT2D eigenvalue weighted by Gasteiger charge is 2.37. The third-order valence-electron chi connectivity index (χ3n) is 5.21. The van der Waals surface area contributed by atoms with Crippen molar-refractivity contribution in [3.05, 3.63) is 0 Å². The van der Waals surface area contributed by atoms with E-state index in [1.165, 1.54) is 77.0 Å². The first kappa shape index (κ1) is 26.6. The first-order chi connectivity index (χ1) is 13.1. The highest BCUT2D eigenvalue weighted by Crippen LogP contribution is 2.31. The van der Waals surface area contributed by atoms with Crippen LogP contribution < -0.4 is 0 Å². The molecule has 0 atom stereocenters. The van der Waals surface area contributed by atoms with Crippen LogP contribution in [0.4, 0.5) is 0 Å². The largest absolute Gasteiger partial charge is 0.517 e. The van der Waals surface area contributed by atoms with Gasteiger partial charge in [0.05, 0.1) is 0 Å². The van der Waals surface area contributed by atoms with Crippen LogP contribution in [0.25, 0.3) is 0 Å². The molecule has 0 rings (SSSR count). The van der Waals surface area contributed by atoms with Crippen LogP contribution in [-0.4, -0.2) is 34.8 Å². The Bertz CT molecular complexity index is 305. The quantitative estimate of drug-likeness (QED) is 0.127. The van der Waals surface area contributed by atoms with Gasteiger partial charge in [-0.1, -0.05) is 97.8 Å². The lowest BCUT2D eigenvalue weighted by molar-refractivity contribution is -0.145. The molecule has 27 heavy (non-hydrogen) atoms. The van der Waals surface area contributed by atoms with Gasteiger partial charge in [0.15, 0.2) is 0 Å². The van der Waals surface area contributed by atoms with E-state index in [0.29, 0.717) is 0 Å². The Morgan fingerprint density at radius 3 is 1.52 bits per heavy atom. The van der Waals surface area contributed by atoms with E-state index in [4.69, 9.17) is 13.9 Å². The third-order valence-corrected chi connectivity index (χ3v) is 9.66. The summed E-state index contributed by atoms with van der Waals surface area (Å²) in [6.45, 7) is 6.89. The number of methoxy groups -OCH3 is 1. The molecule has 0 aromatic rings. The predicted octanol–water partition coefficient (Wildman–Crippen LogP) is 6.84. The summed E-state index contributed by atoms with van der Waals surface area (Å²) in [6, 6.07) is 3.38. The van der Waals surface area contributed by atoms with Crippen molar-refractivity contribution in [3.8, 4) is 0 Å². The molecule has 0 bridgehead atoms. The van der Waals surface area contributed by atoms with Gasteiger partial charge in [0.2, 0.25) is 0 Å². The maximum absolute atomic E-state index is 12.4. The number of carbonyl (C=O) groups is 1. The van der Waals surface area contributed by atoms with Gasteiger partial charge >= 0.3 is 5.97 Å². The molecule has 0 aromatic carbocycles. The van der Waals surface area contributed by atoms with Crippen LogP contribution >= 0.6 is 0 Å². The summed E-state index contributed by atoms with van der Waals surface area (Å²) in [6.07, 6.45) is 14.9. The molecule has 0 unspecified atom stereocenters. The fourth-order valence-electron chi connectivity index (χ4n) is 3.63. The van der Waals surface area contributed by atoms with E-state index in [1.807, 2.05) is 0 Å². The Kier molecular flexibility index (Phi) is 18.7. The van der Waals surface area contributed by atoms with E-state index in [0.717, 1.165) is 18.1 Å². The Morgan fingerprint density at radius 2 is 1.15 bits per heavy atom. The molecule has 0 saturated heterocycles. The van der Waals surface area contributed by atoms with Crippen molar-refractivity contribution >= 4 is 14.3 Å². The second-order valence-electron chi connectivity index (χ2n) is 7.84. The van der Waals surface area contributed by atoms with Crippen LogP contribution in [-0.2, 0) is 18.7 Å². The number of ether oxygens (including phenoxy) is 2. The van der Waals surface area contributed by atoms with E-state index < -0.39 is 8.32 Å². The molecule has 0 aliphatic carbocycles. The molecule has 0 saturated carbocycles. The summed E-state index contributed by atoms with van der Waals surface area (Å²) >= 11 is 0. The molecule has 5 heteroatoms. The molecule has 0 fully saturated rings. The number of rotatable bonds is 20. The van der Waals surface area contributed by atoms with Crippen molar-refractivity contribution in [1.29, 1.82) is 0 Å². The van der Waals surface area contributed by atoms with Gasteiger partial charge in [-0.2, -0.15) is 0 Å². The average molecular weight is 403 g/mol. The standard InChI is InChI=1S/C22H46O4Si/c1-5-8-11-14-17-27(18-15-12-9-6-2,19-16-13-10-7-3)26-22(23)20-25-21-24-4/h5-21H2,1-4H3. The van der Waals surface area contributed by atoms with Gasteiger partial charge in [0.25, 0.3) is 8.32 Å². The molecule has 162 valence electrons. The lowest BCUT2D eigenvalue weighted by Gasteiger charge is -2.31. The van der Waals surface area contributed by atoms with E-state index >= 15 is 0 Å². The normalized spacial score (nSPS) is 11.7. The molecule has 4 nitrogen and oxygen atoms in total. The number of hydrogen-bond donors (Lipinski definition) is 0. The minimum atomic E-state index is -2.04. The minimum absolute atomic E-state index is 0.0153. The summed E-state index contributed by atoms with van der Waals surface area (Å²) < 4.78 is 16.4. The third kappa shape index (κ3) is 15.2. The van der Waals surface area contributed by atoms with Gasteiger partial charge in [-0.3, -0.25) is 4.79 Å². The van der Waals surface area contributed by atoms with Gasteiger partial charge in [0, 0.05) is 7.11 Å². The summed E-state index contributed by atoms with van der Waals surface area (Å²) in [5, 5.41) is 0. The summed E-state index contributed by atoms with van der Waals surface area (Å²) in [5.41, 5.74) is 0. The van der Waals surface area contributed by atoms with Crippen molar-refractivity contribution in [3.63, 3.8) is 0 Å². The van der Waals surface area contributed by atoms with Crippen molar-refractivity contribution in [2.45, 2.75) is 116 Å². The van der Waals surface area contributed by atoms with Crippen LogP contribution in [0.2, 0.25) is 18.1 Å². The first-order valence-electron chi connectivity index (χ1n) is 11.4. The van der Waals surface area contributed by atoms with Crippen LogP contribution in [0.5, 0.6) is 0 Å². The van der Waals surface area contributed by atoms with Crippen LogP contribution in [0, 0.1) is 0 Å². The van der Waals surface area contributed by atoms with Crippen molar-refractivity contribution in [2.75, 3.05) is 20.5 Å². The number of unbranched alkanes of at least 4 members (excludes halogenated alkanes) is 9. The van der Waals surface area contributed by atoms with Gasteiger partial charge in [-0.25, -0.2) is 0 Å². The SMILES string of the molecule is CCCCCC[Si](CCCCCC)(CCCCCC)OC(=O)COCOC. The molecule has 0 amide bonds. The van der Waals surface area contributed by atoms with E-state index in [9.17, 15) is 4.79 Å². The molecular formula is C22H46O4Si.